The quantitative estimate of drug-likeness (QED) is 0.256. The largest absolute Gasteiger partial charge is 0.479 e. The van der Waals surface area contributed by atoms with Gasteiger partial charge in [-0.1, -0.05) is 35.3 Å². The van der Waals surface area contributed by atoms with Crippen LogP contribution in [0.2, 0.25) is 10.0 Å². The molecule has 1 aromatic heterocycles. The molecule has 0 spiro atoms. The summed E-state index contributed by atoms with van der Waals surface area (Å²) in [6.45, 7) is 4.03. The van der Waals surface area contributed by atoms with Crippen molar-refractivity contribution in [3.8, 4) is 6.01 Å². The maximum Gasteiger partial charge on any atom is 0.336 e. The summed E-state index contributed by atoms with van der Waals surface area (Å²) < 4.78 is 16.1. The van der Waals surface area contributed by atoms with E-state index in [-0.39, 0.29) is 58.4 Å². The fourth-order valence-corrected chi connectivity index (χ4v) is 4.05. The van der Waals surface area contributed by atoms with Crippen LogP contribution in [0.25, 0.3) is 0 Å². The van der Waals surface area contributed by atoms with Crippen LogP contribution in [0.4, 0.5) is 5.95 Å². The Morgan fingerprint density at radius 2 is 1.97 bits per heavy atom. The number of benzene rings is 1. The summed E-state index contributed by atoms with van der Waals surface area (Å²) in [7, 11) is 1.26. The zero-order valence-corrected chi connectivity index (χ0v) is 21.3. The molecule has 6 N–H and O–H groups in total. The number of halogens is 2. The van der Waals surface area contributed by atoms with Gasteiger partial charge < -0.3 is 35.4 Å². The maximum atomic E-state index is 13.1. The van der Waals surface area contributed by atoms with E-state index in [4.69, 9.17) is 37.4 Å². The van der Waals surface area contributed by atoms with Crippen molar-refractivity contribution >= 4 is 41.1 Å². The molecular weight excluding hydrogens is 517 g/mol. The molecule has 1 atom stereocenters. The second kappa shape index (κ2) is 13.1. The van der Waals surface area contributed by atoms with Crippen LogP contribution in [-0.4, -0.2) is 71.2 Å². The molecule has 1 aromatic carbocycles. The minimum atomic E-state index is -0.901. The Labute approximate surface area is 216 Å². The minimum absolute atomic E-state index is 0. The molecule has 12 nitrogen and oxygen atoms in total. The van der Waals surface area contributed by atoms with Crippen molar-refractivity contribution < 1.29 is 34.4 Å². The summed E-state index contributed by atoms with van der Waals surface area (Å²) in [6, 6.07) is 4.68. The third-order valence-corrected chi connectivity index (χ3v) is 5.92. The number of nitrogens with one attached hydrogen (secondary N) is 3. The number of methoxy groups -OCH3 is 1. The topological polar surface area (TPSA) is 179 Å². The summed E-state index contributed by atoms with van der Waals surface area (Å²) in [5.41, 5.74) is 1.69. The van der Waals surface area contributed by atoms with Gasteiger partial charge in [0.2, 0.25) is 5.95 Å². The van der Waals surface area contributed by atoms with Gasteiger partial charge in [0.15, 0.2) is 0 Å². The van der Waals surface area contributed by atoms with Crippen molar-refractivity contribution in [1.82, 2.24) is 20.5 Å². The molecule has 0 saturated heterocycles. The number of H-pyrrole nitrogens is 1. The first-order valence-corrected chi connectivity index (χ1v) is 11.4. The van der Waals surface area contributed by atoms with E-state index in [2.05, 4.69) is 25.8 Å². The number of aromatic hydroxyl groups is 1. The van der Waals surface area contributed by atoms with Crippen LogP contribution in [0.5, 0.6) is 6.01 Å². The first kappa shape index (κ1) is 28.9. The van der Waals surface area contributed by atoms with Crippen molar-refractivity contribution in [2.24, 2.45) is 0 Å². The third kappa shape index (κ3) is 6.46. The highest BCUT2D eigenvalue weighted by Crippen LogP contribution is 2.43. The number of anilines is 1. The van der Waals surface area contributed by atoms with Gasteiger partial charge in [0, 0.05) is 12.2 Å². The van der Waals surface area contributed by atoms with E-state index in [0.29, 0.717) is 23.5 Å². The van der Waals surface area contributed by atoms with Crippen molar-refractivity contribution in [1.29, 1.82) is 0 Å². The van der Waals surface area contributed by atoms with Gasteiger partial charge in [0.25, 0.3) is 0 Å². The van der Waals surface area contributed by atoms with Crippen LogP contribution >= 0.6 is 23.2 Å². The normalized spacial score (nSPS) is 15.2. The van der Waals surface area contributed by atoms with Gasteiger partial charge in [-0.3, -0.25) is 0 Å². The second-order valence-electron chi connectivity index (χ2n) is 7.31. The molecule has 0 bridgehead atoms. The lowest BCUT2D eigenvalue weighted by Crippen LogP contribution is -2.35. The molecule has 2 aromatic rings. The highest BCUT2D eigenvalue weighted by Gasteiger charge is 2.40. The number of hydrogen-bond donors (Lipinski definition) is 4. The molecule has 36 heavy (non-hydrogen) atoms. The molecule has 3 rings (SSSR count). The Balaban J connectivity index is 0.00000456. The highest BCUT2D eigenvalue weighted by molar-refractivity contribution is 6.42. The van der Waals surface area contributed by atoms with Crippen LogP contribution in [0, 0.1) is 0 Å². The number of hydrogen-bond acceptors (Lipinski definition) is 10. The number of carbonyl (C=O) groups is 2. The molecule has 14 heteroatoms. The lowest BCUT2D eigenvalue weighted by atomic mass is 9.80. The number of rotatable bonds is 10. The Morgan fingerprint density at radius 1 is 1.22 bits per heavy atom. The summed E-state index contributed by atoms with van der Waals surface area (Å²) in [4.78, 5) is 29.7. The molecule has 0 fully saturated rings. The zero-order valence-electron chi connectivity index (χ0n) is 19.8. The average molecular weight is 544 g/mol. The second-order valence-corrected chi connectivity index (χ2v) is 8.09. The maximum absolute atomic E-state index is 13.1. The van der Waals surface area contributed by atoms with Crippen molar-refractivity contribution in [2.45, 2.75) is 19.8 Å². The predicted octanol–water partition coefficient (Wildman–Crippen LogP) is 2.07. The molecule has 1 aliphatic rings. The van der Waals surface area contributed by atoms with Gasteiger partial charge in [-0.05, 0) is 25.5 Å². The number of aromatic nitrogens is 3. The molecular formula is C22H27Cl2N5O7. The minimum Gasteiger partial charge on any atom is -0.479 e. The zero-order chi connectivity index (χ0) is 25.5. The van der Waals surface area contributed by atoms with E-state index >= 15 is 0 Å². The molecule has 0 aliphatic carbocycles. The van der Waals surface area contributed by atoms with E-state index in [1.165, 1.54) is 7.11 Å². The SMILES string of the molecule is CCOC(=O)C1=C(COCCNc2n[nH]c(O)n2)NC(C)=C(C(=O)OC)C1c1cccc(Cl)c1Cl.O. The number of nitrogens with zero attached hydrogens (tertiary/aromatic N) is 2. The average Bonchev–Trinajstić information content (AvgIpc) is 3.24. The van der Waals surface area contributed by atoms with Crippen LogP contribution in [0.15, 0.2) is 40.7 Å². The lowest BCUT2D eigenvalue weighted by molar-refractivity contribution is -0.139. The number of carbonyl (C=O) groups excluding carboxylic acids is 2. The number of allylic oxidation sites excluding steroid dienone is 1. The standard InChI is InChI=1S/C22H25Cl2N5O6.H2O/c1-4-35-20(31)17-14(10-34-9-8-25-21-27-22(32)29-28-21)26-11(2)15(19(30)33-3)16(17)12-6-5-7-13(23)18(12)24;/h5-7,16,26H,4,8-10H2,1-3H3,(H3,25,27,28,29,32);1H2. The Morgan fingerprint density at radius 3 is 2.61 bits per heavy atom. The number of aromatic amines is 1. The fourth-order valence-electron chi connectivity index (χ4n) is 3.64. The molecule has 1 unspecified atom stereocenters. The van der Waals surface area contributed by atoms with Crippen molar-refractivity contribution in [2.75, 3.05) is 38.8 Å². The Hall–Kier alpha value is -3.32. The van der Waals surface area contributed by atoms with Crippen LogP contribution < -0.4 is 10.6 Å². The van der Waals surface area contributed by atoms with Gasteiger partial charge >= 0.3 is 17.9 Å². The van der Waals surface area contributed by atoms with Gasteiger partial charge in [-0.25, -0.2) is 14.7 Å². The smallest absolute Gasteiger partial charge is 0.336 e. The number of dihydropyridines is 1. The first-order valence-electron chi connectivity index (χ1n) is 10.6. The predicted molar refractivity (Wildman–Crippen MR) is 132 cm³/mol. The lowest BCUT2D eigenvalue weighted by Gasteiger charge is -2.31. The summed E-state index contributed by atoms with van der Waals surface area (Å²) >= 11 is 12.8. The first-order chi connectivity index (χ1) is 16.8. The van der Waals surface area contributed by atoms with Gasteiger partial charge in [-0.15, -0.1) is 5.10 Å². The van der Waals surface area contributed by atoms with E-state index in [1.54, 1.807) is 32.0 Å². The molecule has 0 saturated carbocycles. The summed E-state index contributed by atoms with van der Waals surface area (Å²) in [5.74, 6) is -1.95. The van der Waals surface area contributed by atoms with Gasteiger partial charge in [0.05, 0.1) is 59.7 Å². The van der Waals surface area contributed by atoms with E-state index in [0.717, 1.165) is 0 Å². The Kier molecular flexibility index (Phi) is 10.5. The van der Waals surface area contributed by atoms with Gasteiger partial charge in [-0.2, -0.15) is 4.98 Å². The monoisotopic (exact) mass is 543 g/mol. The van der Waals surface area contributed by atoms with Crippen LogP contribution in [-0.2, 0) is 23.8 Å². The van der Waals surface area contributed by atoms with Crippen molar-refractivity contribution in [3.05, 3.63) is 56.3 Å². The number of ether oxygens (including phenoxy) is 3. The molecule has 1 aliphatic heterocycles. The van der Waals surface area contributed by atoms with Crippen LogP contribution in [0.3, 0.4) is 0 Å². The summed E-state index contributed by atoms with van der Waals surface area (Å²) in [5, 5.41) is 21.7. The highest BCUT2D eigenvalue weighted by atomic mass is 35.5. The van der Waals surface area contributed by atoms with Crippen molar-refractivity contribution in [3.63, 3.8) is 0 Å². The summed E-state index contributed by atoms with van der Waals surface area (Å²) in [6.07, 6.45) is 0. The van der Waals surface area contributed by atoms with E-state index < -0.39 is 17.9 Å². The molecule has 196 valence electrons. The van der Waals surface area contributed by atoms with Gasteiger partial charge in [0.1, 0.15) is 0 Å². The van der Waals surface area contributed by atoms with E-state index in [1.807, 2.05) is 0 Å². The fraction of sp³-hybridized carbons (Fsp3) is 0.364. The Bertz CT molecular complexity index is 1170. The van der Waals surface area contributed by atoms with E-state index in [9.17, 15) is 14.7 Å². The van der Waals surface area contributed by atoms with Crippen LogP contribution in [0.1, 0.15) is 25.3 Å². The number of esters is 2. The third-order valence-electron chi connectivity index (χ3n) is 5.09. The molecule has 0 amide bonds. The molecule has 2 heterocycles. The molecule has 0 radical (unpaired) electrons.